The number of carbonyl (C=O) groups is 1. The molecule has 2 rings (SSSR count). The van der Waals surface area contributed by atoms with E-state index in [1.165, 1.54) is 12.1 Å². The molecular formula is C22H22BrF3N2O5S. The van der Waals surface area contributed by atoms with Gasteiger partial charge in [0.1, 0.15) is 11.4 Å². The van der Waals surface area contributed by atoms with Gasteiger partial charge in [-0.15, -0.1) is 13.2 Å². The van der Waals surface area contributed by atoms with Crippen LogP contribution in [0.1, 0.15) is 31.9 Å². The Kier molecular flexibility index (Phi) is 8.50. The standard InChI is InChI=1S/C22H22BrF3N2O5S/c1-14-7-9-16(10-8-14)34(30,31)28-18-13-17(23)19(32-22(24,25)26)12-15(18)6-5-11-27-20(29)33-21(2,3)4/h7-10,12-13,28H,11H2,1-4H3,(H,27,29). The minimum Gasteiger partial charge on any atom is -0.444 e. The number of halogens is 4. The van der Waals surface area contributed by atoms with E-state index in [-0.39, 0.29) is 27.2 Å². The average Bonchev–Trinajstić information content (AvgIpc) is 2.66. The second-order valence-corrected chi connectivity index (χ2v) is 10.5. The molecule has 0 unspecified atom stereocenters. The predicted molar refractivity (Wildman–Crippen MR) is 124 cm³/mol. The van der Waals surface area contributed by atoms with Crippen molar-refractivity contribution in [2.75, 3.05) is 11.3 Å². The van der Waals surface area contributed by atoms with E-state index in [4.69, 9.17) is 4.74 Å². The first-order chi connectivity index (χ1) is 15.6. The van der Waals surface area contributed by atoms with E-state index in [2.05, 4.69) is 42.5 Å². The SMILES string of the molecule is Cc1ccc(S(=O)(=O)Nc2cc(Br)c(OC(F)(F)F)cc2C#CCNC(=O)OC(C)(C)C)cc1. The molecule has 0 saturated carbocycles. The summed E-state index contributed by atoms with van der Waals surface area (Å²) in [7, 11) is -4.07. The van der Waals surface area contributed by atoms with Gasteiger partial charge in [0.2, 0.25) is 0 Å². The first kappa shape index (κ1) is 27.3. The Morgan fingerprint density at radius 1 is 1.12 bits per heavy atom. The largest absolute Gasteiger partial charge is 0.573 e. The van der Waals surface area contributed by atoms with Crippen LogP contribution in [-0.2, 0) is 14.8 Å². The first-order valence-electron chi connectivity index (χ1n) is 9.70. The predicted octanol–water partition coefficient (Wildman–Crippen LogP) is 5.33. The summed E-state index contributed by atoms with van der Waals surface area (Å²) in [5, 5.41) is 2.38. The minimum atomic E-state index is -4.98. The summed E-state index contributed by atoms with van der Waals surface area (Å²) in [6, 6.07) is 8.04. The van der Waals surface area contributed by atoms with Gasteiger partial charge in [0.05, 0.1) is 27.2 Å². The number of amides is 1. The lowest BCUT2D eigenvalue weighted by molar-refractivity contribution is -0.274. The molecule has 0 heterocycles. The molecule has 0 bridgehead atoms. The summed E-state index contributed by atoms with van der Waals surface area (Å²) in [6.07, 6.45) is -5.71. The number of nitrogens with one attached hydrogen (secondary N) is 2. The number of hydrogen-bond acceptors (Lipinski definition) is 5. The van der Waals surface area contributed by atoms with Gasteiger partial charge in [-0.25, -0.2) is 13.2 Å². The van der Waals surface area contributed by atoms with Crippen molar-refractivity contribution in [3.63, 3.8) is 0 Å². The zero-order valence-electron chi connectivity index (χ0n) is 18.6. The van der Waals surface area contributed by atoms with E-state index in [9.17, 15) is 26.4 Å². The highest BCUT2D eigenvalue weighted by molar-refractivity contribution is 9.10. The molecule has 2 aromatic rings. The molecule has 0 saturated heterocycles. The summed E-state index contributed by atoms with van der Waals surface area (Å²) in [5.41, 5.74) is -0.0793. The third-order valence-electron chi connectivity index (χ3n) is 3.82. The molecular weight excluding hydrogens is 541 g/mol. The Morgan fingerprint density at radius 3 is 2.29 bits per heavy atom. The number of alkyl halides is 3. The lowest BCUT2D eigenvalue weighted by atomic mass is 10.2. The maximum Gasteiger partial charge on any atom is 0.573 e. The third-order valence-corrected chi connectivity index (χ3v) is 5.82. The molecule has 0 aliphatic carbocycles. The fraction of sp³-hybridized carbons (Fsp3) is 0.318. The van der Waals surface area contributed by atoms with Gasteiger partial charge < -0.3 is 14.8 Å². The van der Waals surface area contributed by atoms with Crippen LogP contribution in [0.2, 0.25) is 0 Å². The van der Waals surface area contributed by atoms with Crippen LogP contribution in [0.25, 0.3) is 0 Å². The molecule has 12 heteroatoms. The Morgan fingerprint density at radius 2 is 1.74 bits per heavy atom. The fourth-order valence-electron chi connectivity index (χ4n) is 2.44. The van der Waals surface area contributed by atoms with Crippen LogP contribution < -0.4 is 14.8 Å². The molecule has 0 aliphatic rings. The van der Waals surface area contributed by atoms with E-state index in [1.54, 1.807) is 39.8 Å². The Bertz CT molecular complexity index is 1210. The van der Waals surface area contributed by atoms with Crippen molar-refractivity contribution >= 4 is 37.7 Å². The zero-order chi connectivity index (χ0) is 25.7. The quantitative estimate of drug-likeness (QED) is 0.480. The van der Waals surface area contributed by atoms with E-state index >= 15 is 0 Å². The number of ether oxygens (including phenoxy) is 2. The van der Waals surface area contributed by atoms with Crippen LogP contribution in [0, 0.1) is 18.8 Å². The van der Waals surface area contributed by atoms with Gasteiger partial charge in [0.25, 0.3) is 10.0 Å². The highest BCUT2D eigenvalue weighted by Crippen LogP contribution is 2.35. The van der Waals surface area contributed by atoms with Crippen LogP contribution in [0.3, 0.4) is 0 Å². The van der Waals surface area contributed by atoms with Crippen LogP contribution in [0.15, 0.2) is 45.8 Å². The van der Waals surface area contributed by atoms with Crippen molar-refractivity contribution in [3.05, 3.63) is 52.0 Å². The summed E-state index contributed by atoms with van der Waals surface area (Å²) in [4.78, 5) is 11.7. The average molecular weight is 563 g/mol. The van der Waals surface area contributed by atoms with Gasteiger partial charge in [-0.1, -0.05) is 29.5 Å². The van der Waals surface area contributed by atoms with Gasteiger partial charge in [-0.2, -0.15) is 0 Å². The molecule has 34 heavy (non-hydrogen) atoms. The molecule has 184 valence electrons. The molecule has 2 aromatic carbocycles. The first-order valence-corrected chi connectivity index (χ1v) is 12.0. The molecule has 0 atom stereocenters. The molecule has 0 fully saturated rings. The van der Waals surface area contributed by atoms with E-state index in [0.29, 0.717) is 0 Å². The summed E-state index contributed by atoms with van der Waals surface area (Å²) >= 11 is 2.95. The molecule has 0 aliphatic heterocycles. The lowest BCUT2D eigenvalue weighted by Gasteiger charge is -2.19. The number of anilines is 1. The summed E-state index contributed by atoms with van der Waals surface area (Å²) < 4.78 is 75.1. The molecule has 7 nitrogen and oxygen atoms in total. The molecule has 0 spiro atoms. The molecule has 2 N–H and O–H groups in total. The lowest BCUT2D eigenvalue weighted by Crippen LogP contribution is -2.32. The van der Waals surface area contributed by atoms with Crippen molar-refractivity contribution in [3.8, 4) is 17.6 Å². The van der Waals surface area contributed by atoms with Crippen molar-refractivity contribution in [2.45, 2.75) is 44.6 Å². The Labute approximate surface area is 204 Å². The zero-order valence-corrected chi connectivity index (χ0v) is 21.0. The highest BCUT2D eigenvalue weighted by atomic mass is 79.9. The number of sulfonamides is 1. The van der Waals surface area contributed by atoms with Crippen LogP contribution in [-0.4, -0.2) is 33.0 Å². The van der Waals surface area contributed by atoms with Gasteiger partial charge >= 0.3 is 12.5 Å². The Balaban J connectivity index is 2.37. The maximum atomic E-state index is 12.8. The number of rotatable bonds is 5. The van der Waals surface area contributed by atoms with E-state index in [0.717, 1.165) is 17.7 Å². The topological polar surface area (TPSA) is 93.7 Å². The summed E-state index contributed by atoms with van der Waals surface area (Å²) in [6.45, 7) is 6.61. The van der Waals surface area contributed by atoms with Gasteiger partial charge in [0, 0.05) is 0 Å². The van der Waals surface area contributed by atoms with Crippen molar-refractivity contribution < 1.29 is 35.9 Å². The van der Waals surface area contributed by atoms with Gasteiger partial charge in [0.15, 0.2) is 0 Å². The second kappa shape index (κ2) is 10.6. The third kappa shape index (κ3) is 8.79. The number of carbonyl (C=O) groups excluding carboxylic acids is 1. The fourth-order valence-corrected chi connectivity index (χ4v) is 3.93. The maximum absolute atomic E-state index is 12.8. The monoisotopic (exact) mass is 562 g/mol. The number of hydrogen-bond donors (Lipinski definition) is 2. The number of benzene rings is 2. The van der Waals surface area contributed by atoms with Crippen LogP contribution >= 0.6 is 15.9 Å². The van der Waals surface area contributed by atoms with Crippen LogP contribution in [0.5, 0.6) is 5.75 Å². The summed E-state index contributed by atoms with van der Waals surface area (Å²) in [5.74, 6) is 4.49. The molecule has 1 amide bonds. The normalized spacial score (nSPS) is 11.8. The smallest absolute Gasteiger partial charge is 0.444 e. The van der Waals surface area contributed by atoms with Crippen LogP contribution in [0.4, 0.5) is 23.7 Å². The highest BCUT2D eigenvalue weighted by Gasteiger charge is 2.32. The van der Waals surface area contributed by atoms with Gasteiger partial charge in [-0.3, -0.25) is 4.72 Å². The Hall–Kier alpha value is -2.91. The second-order valence-electron chi connectivity index (χ2n) is 7.95. The van der Waals surface area contributed by atoms with E-state index < -0.39 is 33.8 Å². The van der Waals surface area contributed by atoms with Crippen molar-refractivity contribution in [1.29, 1.82) is 0 Å². The minimum absolute atomic E-state index is 0.0460. The number of alkyl carbamates (subject to hydrolysis) is 1. The van der Waals surface area contributed by atoms with E-state index in [1.807, 2.05) is 0 Å². The number of aryl methyl sites for hydroxylation is 1. The van der Waals surface area contributed by atoms with Crippen molar-refractivity contribution in [2.24, 2.45) is 0 Å². The van der Waals surface area contributed by atoms with Gasteiger partial charge in [-0.05, 0) is 67.9 Å². The molecule has 0 radical (unpaired) electrons. The van der Waals surface area contributed by atoms with Crippen molar-refractivity contribution in [1.82, 2.24) is 5.32 Å². The molecule has 0 aromatic heterocycles.